The molecule has 0 rings (SSSR count). The van der Waals surface area contributed by atoms with E-state index in [-0.39, 0.29) is 51.4 Å². The molecule has 0 aromatic rings. The molecular formula is C22H42KO4. The zero-order chi connectivity index (χ0) is 19.3. The van der Waals surface area contributed by atoms with Gasteiger partial charge < -0.3 is 10.2 Å². The quantitative estimate of drug-likeness (QED) is 0.166. The Bertz CT molecular complexity index is 302. The minimum Gasteiger partial charge on any atom is -0.481 e. The molecule has 0 fully saturated rings. The summed E-state index contributed by atoms with van der Waals surface area (Å²) in [5.41, 5.74) is 0. The van der Waals surface area contributed by atoms with Crippen LogP contribution in [0, 0.1) is 0 Å². The number of carboxylic acids is 2. The van der Waals surface area contributed by atoms with Gasteiger partial charge in [-0.25, -0.2) is 0 Å². The van der Waals surface area contributed by atoms with E-state index in [0.717, 1.165) is 25.7 Å². The first-order valence-electron chi connectivity index (χ1n) is 11.1. The molecule has 27 heavy (non-hydrogen) atoms. The van der Waals surface area contributed by atoms with Crippen LogP contribution >= 0.6 is 0 Å². The first kappa shape index (κ1) is 29.8. The zero-order valence-electron chi connectivity index (χ0n) is 17.9. The monoisotopic (exact) mass is 409 g/mol. The number of unbranched alkanes of at least 4 members (excludes halogenated alkanes) is 17. The zero-order valence-corrected chi connectivity index (χ0v) is 21.0. The molecule has 0 aliphatic rings. The van der Waals surface area contributed by atoms with E-state index < -0.39 is 11.9 Å². The number of aliphatic carboxylic acids is 2. The normalized spacial score (nSPS) is 10.5. The van der Waals surface area contributed by atoms with Gasteiger partial charge in [-0.05, 0) is 12.8 Å². The second-order valence-corrected chi connectivity index (χ2v) is 7.65. The molecule has 0 saturated carbocycles. The molecule has 0 aromatic heterocycles. The van der Waals surface area contributed by atoms with Crippen molar-refractivity contribution in [3.05, 3.63) is 0 Å². The first-order valence-corrected chi connectivity index (χ1v) is 11.1. The summed E-state index contributed by atoms with van der Waals surface area (Å²) in [6.07, 6.45) is 22.8. The van der Waals surface area contributed by atoms with Crippen molar-refractivity contribution in [1.29, 1.82) is 0 Å². The number of carbonyl (C=O) groups is 2. The van der Waals surface area contributed by atoms with E-state index in [2.05, 4.69) is 0 Å². The van der Waals surface area contributed by atoms with E-state index in [1.807, 2.05) is 0 Å². The van der Waals surface area contributed by atoms with Crippen LogP contribution in [0.15, 0.2) is 0 Å². The van der Waals surface area contributed by atoms with Gasteiger partial charge in [0.15, 0.2) is 0 Å². The summed E-state index contributed by atoms with van der Waals surface area (Å²) < 4.78 is 0. The molecule has 0 aliphatic heterocycles. The SMILES string of the molecule is O=C(O)CCCCCCCCCCCCCCCCCCCCC(=O)O.[K]. The topological polar surface area (TPSA) is 74.6 Å². The van der Waals surface area contributed by atoms with E-state index in [1.54, 1.807) is 0 Å². The van der Waals surface area contributed by atoms with E-state index in [0.29, 0.717) is 12.8 Å². The molecule has 0 atom stereocenters. The van der Waals surface area contributed by atoms with Crippen LogP contribution in [-0.4, -0.2) is 73.5 Å². The maximum absolute atomic E-state index is 10.4. The van der Waals surface area contributed by atoms with E-state index in [4.69, 9.17) is 10.2 Å². The molecule has 0 unspecified atom stereocenters. The molecule has 0 amide bonds. The summed E-state index contributed by atoms with van der Waals surface area (Å²) in [5.74, 6) is -1.34. The predicted molar refractivity (Wildman–Crippen MR) is 113 cm³/mol. The molecule has 0 aromatic carbocycles. The van der Waals surface area contributed by atoms with E-state index in [1.165, 1.54) is 89.9 Å². The molecule has 0 bridgehead atoms. The molecular weight excluding hydrogens is 367 g/mol. The Hall–Kier alpha value is 0.576. The van der Waals surface area contributed by atoms with Crippen molar-refractivity contribution in [2.45, 2.75) is 128 Å². The van der Waals surface area contributed by atoms with Gasteiger partial charge in [0.05, 0.1) is 0 Å². The Balaban J connectivity index is 0. The van der Waals surface area contributed by atoms with Gasteiger partial charge in [0.2, 0.25) is 0 Å². The molecule has 5 heteroatoms. The molecule has 0 spiro atoms. The Morgan fingerprint density at radius 1 is 0.370 bits per heavy atom. The van der Waals surface area contributed by atoms with Gasteiger partial charge in [-0.3, -0.25) is 9.59 Å². The Morgan fingerprint density at radius 2 is 0.519 bits per heavy atom. The Morgan fingerprint density at radius 3 is 0.667 bits per heavy atom. The first-order chi connectivity index (χ1) is 12.6. The third-order valence-corrected chi connectivity index (χ3v) is 5.03. The molecule has 0 saturated heterocycles. The van der Waals surface area contributed by atoms with Crippen LogP contribution in [0.25, 0.3) is 0 Å². The number of carboxylic acid groups (broad SMARTS) is 2. The average molecular weight is 410 g/mol. The Labute approximate surface area is 209 Å². The summed E-state index contributed by atoms with van der Waals surface area (Å²) in [6.45, 7) is 0. The van der Waals surface area contributed by atoms with Crippen LogP contribution < -0.4 is 0 Å². The molecule has 155 valence electrons. The summed E-state index contributed by atoms with van der Waals surface area (Å²) >= 11 is 0. The van der Waals surface area contributed by atoms with E-state index in [9.17, 15) is 9.59 Å². The number of hydrogen-bond donors (Lipinski definition) is 2. The second-order valence-electron chi connectivity index (χ2n) is 7.65. The average Bonchev–Trinajstić information content (AvgIpc) is 2.59. The fourth-order valence-corrected chi connectivity index (χ4v) is 3.38. The molecule has 2 N–H and O–H groups in total. The summed E-state index contributed by atoms with van der Waals surface area (Å²) in [7, 11) is 0. The van der Waals surface area contributed by atoms with Crippen molar-refractivity contribution in [2.24, 2.45) is 0 Å². The Kier molecular flexibility index (Phi) is 27.1. The molecule has 0 heterocycles. The number of hydrogen-bond acceptors (Lipinski definition) is 2. The van der Waals surface area contributed by atoms with Crippen molar-refractivity contribution in [2.75, 3.05) is 0 Å². The largest absolute Gasteiger partial charge is 0.481 e. The van der Waals surface area contributed by atoms with Crippen LogP contribution in [0.5, 0.6) is 0 Å². The summed E-state index contributed by atoms with van der Waals surface area (Å²) in [6, 6.07) is 0. The van der Waals surface area contributed by atoms with Gasteiger partial charge in [-0.15, -0.1) is 0 Å². The fraction of sp³-hybridized carbons (Fsp3) is 0.909. The second kappa shape index (κ2) is 24.6. The van der Waals surface area contributed by atoms with Crippen molar-refractivity contribution in [1.82, 2.24) is 0 Å². The van der Waals surface area contributed by atoms with Gasteiger partial charge in [-0.1, -0.05) is 103 Å². The van der Waals surface area contributed by atoms with Crippen LogP contribution in [0.3, 0.4) is 0 Å². The standard InChI is InChI=1S/C22H42O4.K/c23-21(24)19-17-15-13-11-9-7-5-3-1-2-4-6-8-10-12-14-16-18-20-22(25)26;/h1-20H2,(H,23,24)(H,25,26);. The third-order valence-electron chi connectivity index (χ3n) is 5.03. The molecule has 0 aliphatic carbocycles. The van der Waals surface area contributed by atoms with Crippen molar-refractivity contribution in [3.8, 4) is 0 Å². The fourth-order valence-electron chi connectivity index (χ4n) is 3.38. The van der Waals surface area contributed by atoms with Crippen molar-refractivity contribution >= 4 is 63.3 Å². The summed E-state index contributed by atoms with van der Waals surface area (Å²) in [4.78, 5) is 20.8. The third kappa shape index (κ3) is 28.9. The maximum Gasteiger partial charge on any atom is 0.303 e. The van der Waals surface area contributed by atoms with E-state index >= 15 is 0 Å². The van der Waals surface area contributed by atoms with Crippen LogP contribution in [0.2, 0.25) is 0 Å². The van der Waals surface area contributed by atoms with Crippen molar-refractivity contribution in [3.63, 3.8) is 0 Å². The van der Waals surface area contributed by atoms with Gasteiger partial charge in [0.25, 0.3) is 0 Å². The van der Waals surface area contributed by atoms with Crippen LogP contribution in [-0.2, 0) is 9.59 Å². The minimum absolute atomic E-state index is 0. The van der Waals surface area contributed by atoms with Crippen molar-refractivity contribution < 1.29 is 19.8 Å². The smallest absolute Gasteiger partial charge is 0.303 e. The minimum atomic E-state index is -0.669. The summed E-state index contributed by atoms with van der Waals surface area (Å²) in [5, 5.41) is 17.1. The predicted octanol–water partition coefficient (Wildman–Crippen LogP) is 6.58. The van der Waals surface area contributed by atoms with Gasteiger partial charge in [-0.2, -0.15) is 0 Å². The van der Waals surface area contributed by atoms with Gasteiger partial charge in [0.1, 0.15) is 0 Å². The molecule has 4 nitrogen and oxygen atoms in total. The van der Waals surface area contributed by atoms with Crippen LogP contribution in [0.4, 0.5) is 0 Å². The maximum atomic E-state index is 10.4. The number of rotatable bonds is 21. The van der Waals surface area contributed by atoms with Crippen LogP contribution in [0.1, 0.15) is 128 Å². The van der Waals surface area contributed by atoms with Gasteiger partial charge >= 0.3 is 11.9 Å². The molecule has 1 radical (unpaired) electrons. The van der Waals surface area contributed by atoms with Gasteiger partial charge in [0, 0.05) is 64.2 Å².